The van der Waals surface area contributed by atoms with E-state index in [0.717, 1.165) is 5.56 Å². The van der Waals surface area contributed by atoms with Crippen LogP contribution in [-0.2, 0) is 16.1 Å². The van der Waals surface area contributed by atoms with Crippen molar-refractivity contribution in [2.45, 2.75) is 26.4 Å². The highest BCUT2D eigenvalue weighted by Crippen LogP contribution is 2.32. The van der Waals surface area contributed by atoms with Gasteiger partial charge in [0.25, 0.3) is 11.5 Å². The maximum atomic E-state index is 13.8. The fraction of sp³-hybridized carbons (Fsp3) is 0.172. The van der Waals surface area contributed by atoms with Gasteiger partial charge in [0, 0.05) is 17.7 Å². The first-order valence-electron chi connectivity index (χ1n) is 11.8. The summed E-state index contributed by atoms with van der Waals surface area (Å²) in [5.41, 5.74) is 2.27. The first kappa shape index (κ1) is 24.6. The molecule has 0 radical (unpaired) electrons. The average molecular weight is 482 g/mol. The third kappa shape index (κ3) is 5.10. The normalized spacial score (nSPS) is 11.5. The number of esters is 1. The molecule has 36 heavy (non-hydrogen) atoms. The summed E-state index contributed by atoms with van der Waals surface area (Å²) in [5, 5.41) is 7.38. The molecule has 3 aromatic carbocycles. The highest BCUT2D eigenvalue weighted by atomic mass is 16.5. The van der Waals surface area contributed by atoms with Gasteiger partial charge in [-0.25, -0.2) is 9.48 Å². The lowest BCUT2D eigenvalue weighted by molar-refractivity contribution is -0.145. The number of hydrogen-bond acceptors (Lipinski definition) is 5. The summed E-state index contributed by atoms with van der Waals surface area (Å²) in [6, 6.07) is 26.3. The Morgan fingerprint density at radius 3 is 1.97 bits per heavy atom. The van der Waals surface area contributed by atoms with Gasteiger partial charge in [0.05, 0.1) is 12.3 Å². The number of carbonyl (C=O) groups excluding carboxylic acids is 2. The highest BCUT2D eigenvalue weighted by Gasteiger charge is 2.30. The molecular weight excluding hydrogens is 454 g/mol. The number of hydrogen-bond donors (Lipinski definition) is 1. The molecule has 1 aromatic heterocycles. The lowest BCUT2D eigenvalue weighted by Gasteiger charge is -2.20. The molecule has 7 nitrogen and oxygen atoms in total. The standard InChI is InChI=1S/C29H27N3O4/c1-3-32-28(34)24(27(33)30-26(29(35)36-4-2)22-18-12-7-13-19-22)23(20-14-8-5-9-15-20)25(31-32)21-16-10-6-11-17-21/h5-19,26H,3-4H2,1-2H3,(H,30,33). The Bertz CT molecular complexity index is 1400. The van der Waals surface area contributed by atoms with Gasteiger partial charge in [-0.15, -0.1) is 0 Å². The first-order chi connectivity index (χ1) is 17.5. The molecule has 1 unspecified atom stereocenters. The Hall–Kier alpha value is -4.52. The number of nitrogens with zero attached hydrogens (tertiary/aromatic N) is 2. The predicted molar refractivity (Wildman–Crippen MR) is 138 cm³/mol. The maximum absolute atomic E-state index is 13.8. The Balaban J connectivity index is 1.93. The topological polar surface area (TPSA) is 90.3 Å². The van der Waals surface area contributed by atoms with Crippen molar-refractivity contribution < 1.29 is 14.3 Å². The van der Waals surface area contributed by atoms with E-state index in [9.17, 15) is 14.4 Å². The van der Waals surface area contributed by atoms with Crippen molar-refractivity contribution in [1.82, 2.24) is 15.1 Å². The second kappa shape index (κ2) is 11.3. The third-order valence-electron chi connectivity index (χ3n) is 5.72. The minimum atomic E-state index is -1.08. The Morgan fingerprint density at radius 1 is 0.861 bits per heavy atom. The van der Waals surface area contributed by atoms with Crippen molar-refractivity contribution in [1.29, 1.82) is 0 Å². The van der Waals surface area contributed by atoms with E-state index in [4.69, 9.17) is 4.74 Å². The van der Waals surface area contributed by atoms with Crippen LogP contribution in [0.5, 0.6) is 0 Å². The molecule has 0 aliphatic rings. The van der Waals surface area contributed by atoms with E-state index >= 15 is 0 Å². The first-order valence-corrected chi connectivity index (χ1v) is 11.8. The van der Waals surface area contributed by atoms with Crippen molar-refractivity contribution in [2.75, 3.05) is 6.61 Å². The molecule has 7 heteroatoms. The van der Waals surface area contributed by atoms with Crippen molar-refractivity contribution in [3.63, 3.8) is 0 Å². The Labute approximate surface area is 209 Å². The zero-order valence-electron chi connectivity index (χ0n) is 20.2. The quantitative estimate of drug-likeness (QED) is 0.371. The zero-order chi connectivity index (χ0) is 25.5. The van der Waals surface area contributed by atoms with Crippen molar-refractivity contribution >= 4 is 11.9 Å². The molecule has 0 fully saturated rings. The van der Waals surface area contributed by atoms with Gasteiger partial charge in [-0.2, -0.15) is 5.10 Å². The third-order valence-corrected chi connectivity index (χ3v) is 5.72. The van der Waals surface area contributed by atoms with Gasteiger partial charge >= 0.3 is 5.97 Å². The predicted octanol–water partition coefficient (Wildman–Crippen LogP) is 4.63. The maximum Gasteiger partial charge on any atom is 0.333 e. The van der Waals surface area contributed by atoms with Crippen LogP contribution in [0.25, 0.3) is 22.4 Å². The van der Waals surface area contributed by atoms with E-state index < -0.39 is 23.5 Å². The van der Waals surface area contributed by atoms with Crippen LogP contribution in [0, 0.1) is 0 Å². The van der Waals surface area contributed by atoms with Crippen LogP contribution in [0.4, 0.5) is 0 Å². The largest absolute Gasteiger partial charge is 0.464 e. The highest BCUT2D eigenvalue weighted by molar-refractivity contribution is 6.05. The van der Waals surface area contributed by atoms with Crippen LogP contribution >= 0.6 is 0 Å². The summed E-state index contributed by atoms with van der Waals surface area (Å²) in [7, 11) is 0. The Kier molecular flexibility index (Phi) is 7.70. The molecule has 0 spiro atoms. The van der Waals surface area contributed by atoms with Gasteiger partial charge in [0.2, 0.25) is 0 Å². The molecule has 182 valence electrons. The average Bonchev–Trinajstić information content (AvgIpc) is 2.92. The monoisotopic (exact) mass is 481 g/mol. The molecule has 0 aliphatic heterocycles. The fourth-order valence-corrected chi connectivity index (χ4v) is 4.03. The number of nitrogens with one attached hydrogen (secondary N) is 1. The molecule has 0 bridgehead atoms. The molecule has 1 heterocycles. The molecule has 1 N–H and O–H groups in total. The van der Waals surface area contributed by atoms with Gasteiger partial charge in [0.15, 0.2) is 6.04 Å². The minimum absolute atomic E-state index is 0.0814. The van der Waals surface area contributed by atoms with E-state index in [-0.39, 0.29) is 18.7 Å². The molecule has 4 aromatic rings. The van der Waals surface area contributed by atoms with Gasteiger partial charge < -0.3 is 10.1 Å². The SMILES string of the molecule is CCOC(=O)C(NC(=O)c1c(-c2ccccc2)c(-c2ccccc2)nn(CC)c1=O)c1ccccc1. The van der Waals surface area contributed by atoms with Gasteiger partial charge in [-0.1, -0.05) is 91.0 Å². The van der Waals surface area contributed by atoms with Gasteiger partial charge in [0.1, 0.15) is 5.56 Å². The van der Waals surface area contributed by atoms with Crippen molar-refractivity contribution in [2.24, 2.45) is 0 Å². The lowest BCUT2D eigenvalue weighted by atomic mass is 9.94. The van der Waals surface area contributed by atoms with E-state index in [0.29, 0.717) is 22.4 Å². The summed E-state index contributed by atoms with van der Waals surface area (Å²) in [5.74, 6) is -1.28. The lowest BCUT2D eigenvalue weighted by Crippen LogP contribution is -2.40. The smallest absolute Gasteiger partial charge is 0.333 e. The van der Waals surface area contributed by atoms with E-state index in [2.05, 4.69) is 10.4 Å². The van der Waals surface area contributed by atoms with Crippen LogP contribution in [0.3, 0.4) is 0 Å². The molecule has 1 atom stereocenters. The fourth-order valence-electron chi connectivity index (χ4n) is 4.03. The van der Waals surface area contributed by atoms with Crippen LogP contribution in [0.1, 0.15) is 35.8 Å². The number of carbonyl (C=O) groups is 2. The van der Waals surface area contributed by atoms with E-state index in [1.165, 1.54) is 4.68 Å². The summed E-state index contributed by atoms with van der Waals surface area (Å²) in [6.07, 6.45) is 0. The van der Waals surface area contributed by atoms with Crippen molar-refractivity contribution in [3.05, 3.63) is 112 Å². The summed E-state index contributed by atoms with van der Waals surface area (Å²) in [6.45, 7) is 3.92. The summed E-state index contributed by atoms with van der Waals surface area (Å²) in [4.78, 5) is 40.2. The number of ether oxygens (including phenoxy) is 1. The molecule has 0 saturated heterocycles. The number of benzene rings is 3. The Morgan fingerprint density at radius 2 is 1.42 bits per heavy atom. The molecule has 0 aliphatic carbocycles. The number of amides is 1. The molecule has 0 saturated carbocycles. The van der Waals surface area contributed by atoms with Gasteiger partial charge in [-0.3, -0.25) is 9.59 Å². The van der Waals surface area contributed by atoms with Crippen LogP contribution in [-0.4, -0.2) is 28.3 Å². The summed E-state index contributed by atoms with van der Waals surface area (Å²) < 4.78 is 6.50. The minimum Gasteiger partial charge on any atom is -0.464 e. The van der Waals surface area contributed by atoms with Crippen molar-refractivity contribution in [3.8, 4) is 22.4 Å². The second-order valence-electron chi connectivity index (χ2n) is 8.02. The number of rotatable bonds is 8. The zero-order valence-corrected chi connectivity index (χ0v) is 20.2. The molecule has 1 amide bonds. The summed E-state index contributed by atoms with van der Waals surface area (Å²) >= 11 is 0. The van der Waals surface area contributed by atoms with Crippen LogP contribution < -0.4 is 10.9 Å². The van der Waals surface area contributed by atoms with E-state index in [1.807, 2.05) is 66.7 Å². The molecular formula is C29H27N3O4. The van der Waals surface area contributed by atoms with Crippen LogP contribution in [0.2, 0.25) is 0 Å². The molecule has 4 rings (SSSR count). The van der Waals surface area contributed by atoms with Crippen LogP contribution in [0.15, 0.2) is 95.8 Å². The van der Waals surface area contributed by atoms with Gasteiger partial charge in [-0.05, 0) is 25.0 Å². The van der Waals surface area contributed by atoms with E-state index in [1.54, 1.807) is 38.1 Å². The second-order valence-corrected chi connectivity index (χ2v) is 8.02. The number of aryl methyl sites for hydroxylation is 1. The number of aromatic nitrogens is 2.